The van der Waals surface area contributed by atoms with Gasteiger partial charge in [0.15, 0.2) is 0 Å². The highest BCUT2D eigenvalue weighted by Crippen LogP contribution is 2.20. The van der Waals surface area contributed by atoms with Crippen LogP contribution in [0.1, 0.15) is 32.6 Å². The van der Waals surface area contributed by atoms with E-state index >= 15 is 0 Å². The summed E-state index contributed by atoms with van der Waals surface area (Å²) < 4.78 is 5.39. The first-order valence-corrected chi connectivity index (χ1v) is 6.15. The van der Waals surface area contributed by atoms with E-state index in [1.54, 1.807) is 0 Å². The van der Waals surface area contributed by atoms with Crippen molar-refractivity contribution in [1.29, 1.82) is 0 Å². The number of likely N-dealkylation sites (tertiary alicyclic amines) is 1. The van der Waals surface area contributed by atoms with E-state index in [1.165, 1.54) is 0 Å². The molecule has 0 radical (unpaired) electrons. The molecule has 0 aromatic rings. The van der Waals surface area contributed by atoms with Gasteiger partial charge in [0.1, 0.15) is 11.9 Å². The highest BCUT2D eigenvalue weighted by Gasteiger charge is 2.33. The van der Waals surface area contributed by atoms with Gasteiger partial charge in [-0.3, -0.25) is 9.59 Å². The molecule has 0 aliphatic carbocycles. The number of carbonyl (C=O) groups is 2. The molecule has 2 aliphatic heterocycles. The molecule has 0 spiro atoms. The highest BCUT2D eigenvalue weighted by molar-refractivity contribution is 5.86. The Morgan fingerprint density at radius 3 is 3.00 bits per heavy atom. The van der Waals surface area contributed by atoms with Crippen molar-refractivity contribution in [2.45, 2.75) is 38.7 Å². The molecule has 0 aromatic heterocycles. The van der Waals surface area contributed by atoms with Gasteiger partial charge in [0, 0.05) is 32.0 Å². The molecule has 2 atom stereocenters. The smallest absolute Gasteiger partial charge is 0.251 e. The van der Waals surface area contributed by atoms with Crippen LogP contribution in [0.3, 0.4) is 0 Å². The van der Waals surface area contributed by atoms with Crippen LogP contribution < -0.4 is 0 Å². The molecular formula is C12H19NO3. The maximum atomic E-state index is 12.1. The molecule has 0 bridgehead atoms. The van der Waals surface area contributed by atoms with Crippen LogP contribution >= 0.6 is 0 Å². The lowest BCUT2D eigenvalue weighted by Gasteiger charge is -2.32. The number of nitrogens with zero attached hydrogens (tertiary/aromatic N) is 1. The largest absolute Gasteiger partial charge is 0.368 e. The van der Waals surface area contributed by atoms with E-state index in [0.29, 0.717) is 31.9 Å². The minimum atomic E-state index is -0.245. The van der Waals surface area contributed by atoms with Crippen molar-refractivity contribution >= 4 is 11.7 Å². The van der Waals surface area contributed by atoms with Crippen molar-refractivity contribution in [3.63, 3.8) is 0 Å². The molecule has 4 nitrogen and oxygen atoms in total. The molecular weight excluding hydrogens is 206 g/mol. The standard InChI is InChI=1S/C12H19NO3/c1-2-9-8-13(6-5-10(9)14)12(15)11-4-3-7-16-11/h9,11H,2-8H2,1H3. The van der Waals surface area contributed by atoms with Crippen LogP contribution in [0.25, 0.3) is 0 Å². The van der Waals surface area contributed by atoms with Crippen molar-refractivity contribution in [1.82, 2.24) is 4.90 Å². The van der Waals surface area contributed by atoms with Crippen LogP contribution in [0.2, 0.25) is 0 Å². The van der Waals surface area contributed by atoms with Crippen LogP contribution in [0.15, 0.2) is 0 Å². The number of ether oxygens (including phenoxy) is 1. The molecule has 4 heteroatoms. The third-order valence-electron chi connectivity index (χ3n) is 3.53. The van der Waals surface area contributed by atoms with Gasteiger partial charge in [-0.05, 0) is 19.3 Å². The summed E-state index contributed by atoms with van der Waals surface area (Å²) in [6.07, 6.45) is 2.90. The average molecular weight is 225 g/mol. The van der Waals surface area contributed by atoms with Gasteiger partial charge in [-0.15, -0.1) is 0 Å². The van der Waals surface area contributed by atoms with E-state index in [-0.39, 0.29) is 17.9 Å². The average Bonchev–Trinajstić information content (AvgIpc) is 2.82. The predicted molar refractivity (Wildman–Crippen MR) is 59.0 cm³/mol. The zero-order valence-corrected chi connectivity index (χ0v) is 9.78. The molecule has 90 valence electrons. The summed E-state index contributed by atoms with van der Waals surface area (Å²) in [5, 5.41) is 0. The van der Waals surface area contributed by atoms with Gasteiger partial charge in [-0.25, -0.2) is 0 Å². The molecule has 2 unspecified atom stereocenters. The van der Waals surface area contributed by atoms with Crippen LogP contribution in [0.4, 0.5) is 0 Å². The van der Waals surface area contributed by atoms with E-state index in [2.05, 4.69) is 0 Å². The molecule has 0 N–H and O–H groups in total. The fourth-order valence-electron chi connectivity index (χ4n) is 2.44. The Hall–Kier alpha value is -0.900. The fraction of sp³-hybridized carbons (Fsp3) is 0.833. The predicted octanol–water partition coefficient (Wildman–Crippen LogP) is 0.993. The summed E-state index contributed by atoms with van der Waals surface area (Å²) in [5.41, 5.74) is 0. The number of ketones is 1. The minimum Gasteiger partial charge on any atom is -0.368 e. The molecule has 16 heavy (non-hydrogen) atoms. The van der Waals surface area contributed by atoms with E-state index in [9.17, 15) is 9.59 Å². The van der Waals surface area contributed by atoms with Crippen LogP contribution in [0.5, 0.6) is 0 Å². The molecule has 2 heterocycles. The van der Waals surface area contributed by atoms with Crippen molar-refractivity contribution in [3.8, 4) is 0 Å². The number of carbonyl (C=O) groups excluding carboxylic acids is 2. The molecule has 2 saturated heterocycles. The van der Waals surface area contributed by atoms with Crippen LogP contribution in [0, 0.1) is 5.92 Å². The SMILES string of the molecule is CCC1CN(C(=O)C2CCCO2)CCC1=O. The Balaban J connectivity index is 1.94. The van der Waals surface area contributed by atoms with Gasteiger partial charge >= 0.3 is 0 Å². The third-order valence-corrected chi connectivity index (χ3v) is 3.53. The first kappa shape index (κ1) is 11.6. The van der Waals surface area contributed by atoms with Gasteiger partial charge in [-0.1, -0.05) is 6.92 Å². The van der Waals surface area contributed by atoms with E-state index < -0.39 is 0 Å². The summed E-state index contributed by atoms with van der Waals surface area (Å²) in [5.74, 6) is 0.432. The summed E-state index contributed by atoms with van der Waals surface area (Å²) in [7, 11) is 0. The lowest BCUT2D eigenvalue weighted by Crippen LogP contribution is -2.47. The molecule has 1 amide bonds. The lowest BCUT2D eigenvalue weighted by atomic mass is 9.94. The molecule has 2 aliphatic rings. The van der Waals surface area contributed by atoms with Gasteiger partial charge < -0.3 is 9.64 Å². The molecule has 0 aromatic carbocycles. The van der Waals surface area contributed by atoms with Crippen molar-refractivity contribution in [3.05, 3.63) is 0 Å². The van der Waals surface area contributed by atoms with Gasteiger partial charge in [0.05, 0.1) is 0 Å². The van der Waals surface area contributed by atoms with Gasteiger partial charge in [-0.2, -0.15) is 0 Å². The first-order valence-electron chi connectivity index (χ1n) is 6.15. The van der Waals surface area contributed by atoms with Crippen molar-refractivity contribution in [2.75, 3.05) is 19.7 Å². The number of rotatable bonds is 2. The maximum Gasteiger partial charge on any atom is 0.251 e. The number of hydrogen-bond acceptors (Lipinski definition) is 3. The Kier molecular flexibility index (Phi) is 3.59. The summed E-state index contributed by atoms with van der Waals surface area (Å²) in [6.45, 7) is 3.87. The summed E-state index contributed by atoms with van der Waals surface area (Å²) >= 11 is 0. The van der Waals surface area contributed by atoms with E-state index in [4.69, 9.17) is 4.74 Å². The Morgan fingerprint density at radius 2 is 2.38 bits per heavy atom. The van der Waals surface area contributed by atoms with Gasteiger partial charge in [0.2, 0.25) is 0 Å². The first-order chi connectivity index (χ1) is 7.72. The van der Waals surface area contributed by atoms with Crippen LogP contribution in [-0.2, 0) is 14.3 Å². The van der Waals surface area contributed by atoms with E-state index in [0.717, 1.165) is 19.3 Å². The normalized spacial score (nSPS) is 30.8. The monoisotopic (exact) mass is 225 g/mol. The maximum absolute atomic E-state index is 12.1. The number of amides is 1. The van der Waals surface area contributed by atoms with Crippen molar-refractivity contribution < 1.29 is 14.3 Å². The summed E-state index contributed by atoms with van der Waals surface area (Å²) in [4.78, 5) is 25.4. The quantitative estimate of drug-likeness (QED) is 0.704. The summed E-state index contributed by atoms with van der Waals surface area (Å²) in [6, 6.07) is 0. The van der Waals surface area contributed by atoms with Gasteiger partial charge in [0.25, 0.3) is 5.91 Å². The van der Waals surface area contributed by atoms with Crippen molar-refractivity contribution in [2.24, 2.45) is 5.92 Å². The second-order valence-corrected chi connectivity index (χ2v) is 4.61. The van der Waals surface area contributed by atoms with E-state index in [1.807, 2.05) is 11.8 Å². The number of Topliss-reactive ketones (excluding diaryl/α,β-unsaturated/α-hetero) is 1. The molecule has 2 fully saturated rings. The fourth-order valence-corrected chi connectivity index (χ4v) is 2.44. The zero-order valence-electron chi connectivity index (χ0n) is 9.78. The molecule has 2 rings (SSSR count). The molecule has 0 saturated carbocycles. The second kappa shape index (κ2) is 4.95. The van der Waals surface area contributed by atoms with Crippen LogP contribution in [-0.4, -0.2) is 42.4 Å². The Labute approximate surface area is 95.9 Å². The Bertz CT molecular complexity index is 284. The minimum absolute atomic E-state index is 0.0408. The number of piperidine rings is 1. The Morgan fingerprint density at radius 1 is 1.56 bits per heavy atom. The highest BCUT2D eigenvalue weighted by atomic mass is 16.5. The third kappa shape index (κ3) is 2.26. The zero-order chi connectivity index (χ0) is 11.5. The number of hydrogen-bond donors (Lipinski definition) is 0. The lowest BCUT2D eigenvalue weighted by molar-refractivity contribution is -0.145. The second-order valence-electron chi connectivity index (χ2n) is 4.61. The topological polar surface area (TPSA) is 46.6 Å².